The van der Waals surface area contributed by atoms with Crippen LogP contribution in [0, 0.1) is 49.4 Å². The zero-order chi connectivity index (χ0) is 28.8. The van der Waals surface area contributed by atoms with Gasteiger partial charge in [0.05, 0.1) is 30.1 Å². The van der Waals surface area contributed by atoms with Crippen molar-refractivity contribution < 1.29 is 92.4 Å². The number of nitrogens with zero attached hydrogens (tertiary/aromatic N) is 5. The molecule has 0 radical (unpaired) electrons. The first-order valence-corrected chi connectivity index (χ1v) is 17.7. The van der Waals surface area contributed by atoms with E-state index >= 15 is 0 Å². The molecule has 1 aliphatic heterocycles. The van der Waals surface area contributed by atoms with Crippen LogP contribution >= 0.6 is 34.4 Å². The van der Waals surface area contributed by atoms with Crippen LogP contribution < -0.4 is 14.7 Å². The summed E-state index contributed by atoms with van der Waals surface area (Å²) in [5.74, 6) is 0. The Morgan fingerprint density at radius 2 is 1.10 bits per heavy atom. The summed E-state index contributed by atoms with van der Waals surface area (Å²) < 4.78 is 34.8. The average Bonchev–Trinajstić information content (AvgIpc) is 2.78. The minimum absolute atomic E-state index is 0. The summed E-state index contributed by atoms with van der Waals surface area (Å²) in [6.07, 6.45) is -2.01. The van der Waals surface area contributed by atoms with Crippen LogP contribution in [0.15, 0.2) is 30.3 Å². The third-order valence-electron chi connectivity index (χ3n) is 6.16. The second kappa shape index (κ2) is 16.2. The van der Waals surface area contributed by atoms with Crippen LogP contribution in [0.5, 0.6) is 0 Å². The van der Waals surface area contributed by atoms with E-state index in [1.54, 1.807) is 18.2 Å². The summed E-state index contributed by atoms with van der Waals surface area (Å²) in [6.45, 7) is 1.46. The van der Waals surface area contributed by atoms with Gasteiger partial charge < -0.3 is 43.1 Å². The first kappa shape index (κ1) is 37.0. The van der Waals surface area contributed by atoms with Crippen LogP contribution in [0.4, 0.5) is 0 Å². The van der Waals surface area contributed by atoms with Crippen LogP contribution in [-0.2, 0) is 20.2 Å². The Kier molecular flexibility index (Phi) is 15.0. The summed E-state index contributed by atoms with van der Waals surface area (Å²) in [6, 6.07) is 9.02. The fraction of sp³-hybridized carbons (Fsp3) is 0.571. The van der Waals surface area contributed by atoms with Crippen LogP contribution in [0.1, 0.15) is 5.69 Å². The molecule has 0 spiro atoms. The molecule has 1 fully saturated rings. The second-order valence-electron chi connectivity index (χ2n) is 9.61. The summed E-state index contributed by atoms with van der Waals surface area (Å²) in [5, 5.41) is 1.44. The predicted molar refractivity (Wildman–Crippen MR) is 141 cm³/mol. The van der Waals surface area contributed by atoms with Gasteiger partial charge in [0.25, 0.3) is 0 Å². The SMILES string of the molecule is O=P([O-])(O)CN1CCN(Cc2ccc3cc(Cl)ccc3n2)CCN(CP(=O)([O-])O)CCN(CP(=O)([O-])O)CC1.[Eu+3]. The summed E-state index contributed by atoms with van der Waals surface area (Å²) in [7, 11) is -14.1. The Hall–Kier alpha value is 0.794. The van der Waals surface area contributed by atoms with E-state index in [1.165, 1.54) is 14.7 Å². The predicted octanol–water partition coefficient (Wildman–Crippen LogP) is -0.881. The molecule has 224 valence electrons. The van der Waals surface area contributed by atoms with E-state index in [4.69, 9.17) is 11.6 Å². The third kappa shape index (κ3) is 14.5. The molecule has 0 saturated carbocycles. The van der Waals surface area contributed by atoms with Gasteiger partial charge in [-0.25, -0.2) is 0 Å². The number of aromatic nitrogens is 1. The molecular weight excluding hydrogens is 747 g/mol. The first-order valence-electron chi connectivity index (χ1n) is 12.1. The molecule has 0 aliphatic carbocycles. The first-order chi connectivity index (χ1) is 18.0. The molecule has 1 aromatic carbocycles. The Bertz CT molecular complexity index is 1220. The number of hydrogen-bond donors (Lipinski definition) is 3. The quantitative estimate of drug-likeness (QED) is 0.279. The maximum atomic E-state index is 11.7. The van der Waals surface area contributed by atoms with E-state index < -0.39 is 41.6 Å². The van der Waals surface area contributed by atoms with Crippen molar-refractivity contribution in [3.8, 4) is 0 Å². The molecule has 2 aromatic rings. The molecule has 0 bridgehead atoms. The number of pyridine rings is 1. The third-order valence-corrected chi connectivity index (χ3v) is 8.67. The summed E-state index contributed by atoms with van der Waals surface area (Å²) in [5.41, 5.74) is 1.44. The zero-order valence-electron chi connectivity index (χ0n) is 21.5. The molecule has 3 unspecified atom stereocenters. The minimum Gasteiger partial charge on any atom is -0.778 e. The molecule has 19 heteroatoms. The van der Waals surface area contributed by atoms with Crippen molar-refractivity contribution in [2.75, 3.05) is 71.2 Å². The number of hydrogen-bond acceptors (Lipinski definition) is 11. The van der Waals surface area contributed by atoms with Crippen molar-refractivity contribution in [3.63, 3.8) is 0 Å². The maximum absolute atomic E-state index is 11.7. The van der Waals surface area contributed by atoms with Gasteiger partial charge in [-0.15, -0.1) is 0 Å². The maximum Gasteiger partial charge on any atom is 3.00 e. The Morgan fingerprint density at radius 3 is 1.50 bits per heavy atom. The van der Waals surface area contributed by atoms with Gasteiger partial charge in [0.15, 0.2) is 0 Å². The standard InChI is InChI=1S/C21H35ClN5O9P3.Eu/c22-19-2-4-21-18(13-19)1-3-20(23-21)14-24-5-7-25(15-37(28,29)30)9-11-27(17-39(34,35)36)12-10-26(8-6-24)16-38(31,32)33;/h1-4,13H,5-12,14-17H2,(H2,28,29,30)(H2,31,32,33)(H2,34,35,36);/q;+3/p-3. The number of halogens is 1. The largest absolute Gasteiger partial charge is 3.00 e. The minimum atomic E-state index is -4.72. The van der Waals surface area contributed by atoms with Gasteiger partial charge in [0.2, 0.25) is 0 Å². The topological polar surface area (TPSA) is 207 Å². The van der Waals surface area contributed by atoms with E-state index in [9.17, 15) is 43.1 Å². The number of fused-ring (bicyclic) bond motifs is 1. The number of rotatable bonds is 8. The van der Waals surface area contributed by atoms with Gasteiger partial charge in [-0.05, 0) is 24.3 Å². The van der Waals surface area contributed by atoms with Crippen LogP contribution in [0.2, 0.25) is 5.02 Å². The molecule has 14 nitrogen and oxygen atoms in total. The van der Waals surface area contributed by atoms with E-state index in [0.717, 1.165) is 10.9 Å². The monoisotopic (exact) mass is 779 g/mol. The fourth-order valence-corrected chi connectivity index (χ4v) is 6.92. The fourth-order valence-electron chi connectivity index (χ4n) is 4.37. The van der Waals surface area contributed by atoms with E-state index in [2.05, 4.69) is 4.98 Å². The van der Waals surface area contributed by atoms with Crippen molar-refractivity contribution in [2.45, 2.75) is 6.54 Å². The molecule has 3 N–H and O–H groups in total. The van der Waals surface area contributed by atoms with Crippen molar-refractivity contribution in [1.82, 2.24) is 24.6 Å². The van der Waals surface area contributed by atoms with Gasteiger partial charge in [-0.1, -0.05) is 17.7 Å². The van der Waals surface area contributed by atoms with Gasteiger partial charge in [-0.3, -0.25) is 24.6 Å². The smallest absolute Gasteiger partial charge is 0.778 e. The molecule has 40 heavy (non-hydrogen) atoms. The second-order valence-corrected chi connectivity index (χ2v) is 14.7. The molecule has 0 amide bonds. The van der Waals surface area contributed by atoms with Gasteiger partial charge in [-0.2, -0.15) is 0 Å². The molecule has 2 heterocycles. The number of benzene rings is 1. The van der Waals surface area contributed by atoms with E-state index in [0.29, 0.717) is 30.4 Å². The van der Waals surface area contributed by atoms with Crippen molar-refractivity contribution in [1.29, 1.82) is 0 Å². The molecule has 1 aliphatic rings. The summed E-state index contributed by atoms with van der Waals surface area (Å²) >= 11 is 6.05. The van der Waals surface area contributed by atoms with Crippen LogP contribution in [0.3, 0.4) is 0 Å². The van der Waals surface area contributed by atoms with Crippen LogP contribution in [-0.4, -0.2) is 110 Å². The molecule has 3 rings (SSSR count). The summed E-state index contributed by atoms with van der Waals surface area (Å²) in [4.78, 5) is 74.0. The van der Waals surface area contributed by atoms with Crippen molar-refractivity contribution in [3.05, 3.63) is 41.0 Å². The van der Waals surface area contributed by atoms with Crippen LogP contribution in [0.25, 0.3) is 10.9 Å². The normalized spacial score (nSPS) is 22.3. The Labute approximate surface area is 278 Å². The van der Waals surface area contributed by atoms with Gasteiger partial charge in [0.1, 0.15) is 22.8 Å². The Balaban J connectivity index is 0.00000560. The molecular formula is C21H32ClEuN5O9P3. The average molecular weight is 779 g/mol. The van der Waals surface area contributed by atoms with E-state index in [1.807, 2.05) is 17.0 Å². The molecule has 1 aromatic heterocycles. The van der Waals surface area contributed by atoms with E-state index in [-0.39, 0.29) is 88.6 Å². The Morgan fingerprint density at radius 1 is 0.700 bits per heavy atom. The zero-order valence-corrected chi connectivity index (χ0v) is 27.4. The molecule has 3 atom stereocenters. The molecule has 1 saturated heterocycles. The van der Waals surface area contributed by atoms with Gasteiger partial charge in [0, 0.05) is 69.3 Å². The van der Waals surface area contributed by atoms with Crippen molar-refractivity contribution in [2.24, 2.45) is 0 Å². The van der Waals surface area contributed by atoms with Crippen molar-refractivity contribution >= 4 is 45.3 Å². The van der Waals surface area contributed by atoms with Gasteiger partial charge >= 0.3 is 49.4 Å².